The smallest absolute Gasteiger partial charge is 0.279 e. The number of rotatable bonds is 6. The minimum atomic E-state index is -3.40. The minimum absolute atomic E-state index is 0.0781. The fraction of sp³-hybridized carbons (Fsp3) is 0.647. The van der Waals surface area contributed by atoms with Crippen LogP contribution in [0, 0.1) is 0 Å². The molecule has 1 atom stereocenters. The van der Waals surface area contributed by atoms with Crippen molar-refractivity contribution in [3.8, 4) is 0 Å². The average Bonchev–Trinajstić information content (AvgIpc) is 2.47. The van der Waals surface area contributed by atoms with Gasteiger partial charge in [0.2, 0.25) is 0 Å². The van der Waals surface area contributed by atoms with E-state index < -0.39 is 10.2 Å². The monoisotopic (exact) mass is 339 g/mol. The van der Waals surface area contributed by atoms with Crippen molar-refractivity contribution in [3.63, 3.8) is 0 Å². The third kappa shape index (κ3) is 5.01. The van der Waals surface area contributed by atoms with Crippen LogP contribution in [-0.2, 0) is 15.6 Å². The highest BCUT2D eigenvalue weighted by molar-refractivity contribution is 7.87. The highest BCUT2D eigenvalue weighted by Crippen LogP contribution is 2.28. The number of nitrogens with zero attached hydrogens (tertiary/aromatic N) is 2. The number of hydrogen-bond donors (Lipinski definition) is 1. The van der Waals surface area contributed by atoms with Crippen LogP contribution in [0.15, 0.2) is 30.3 Å². The highest BCUT2D eigenvalue weighted by atomic mass is 32.2. The Morgan fingerprint density at radius 1 is 1.13 bits per heavy atom. The lowest BCUT2D eigenvalue weighted by Crippen LogP contribution is -2.52. The van der Waals surface area contributed by atoms with E-state index in [9.17, 15) is 8.42 Å². The molecule has 0 saturated carbocycles. The summed E-state index contributed by atoms with van der Waals surface area (Å²) in [7, 11) is -1.39. The number of benzene rings is 1. The summed E-state index contributed by atoms with van der Waals surface area (Å²) in [4.78, 5) is 2.15. The Kier molecular flexibility index (Phi) is 5.84. The molecule has 0 bridgehead atoms. The van der Waals surface area contributed by atoms with E-state index in [0.717, 1.165) is 19.5 Å². The summed E-state index contributed by atoms with van der Waals surface area (Å²) in [5.74, 6) is 0. The minimum Gasteiger partial charge on any atom is -0.304 e. The van der Waals surface area contributed by atoms with Crippen molar-refractivity contribution in [3.05, 3.63) is 35.9 Å². The van der Waals surface area contributed by atoms with E-state index in [0.29, 0.717) is 13.1 Å². The average molecular weight is 340 g/mol. The molecule has 1 aliphatic heterocycles. The number of nitrogens with one attached hydrogen (secondary N) is 1. The van der Waals surface area contributed by atoms with Crippen LogP contribution in [0.1, 0.15) is 32.8 Å². The summed E-state index contributed by atoms with van der Waals surface area (Å²) in [5.41, 5.74) is 1.15. The zero-order valence-corrected chi connectivity index (χ0v) is 15.4. The van der Waals surface area contributed by atoms with Gasteiger partial charge in [0.15, 0.2) is 0 Å². The Balaban J connectivity index is 1.97. The van der Waals surface area contributed by atoms with Gasteiger partial charge in [-0.25, -0.2) is 0 Å². The lowest BCUT2D eigenvalue weighted by atomic mass is 9.79. The molecule has 0 radical (unpaired) electrons. The predicted molar refractivity (Wildman–Crippen MR) is 94.7 cm³/mol. The maximum atomic E-state index is 12.5. The second-order valence-electron chi connectivity index (χ2n) is 7.18. The SMILES string of the molecule is CC(CC(C)(C)c1ccccc1)NS(=O)(=O)N1CCN(C)CC1. The van der Waals surface area contributed by atoms with E-state index in [-0.39, 0.29) is 11.5 Å². The van der Waals surface area contributed by atoms with Crippen LogP contribution < -0.4 is 4.72 Å². The fourth-order valence-electron chi connectivity index (χ4n) is 3.17. The van der Waals surface area contributed by atoms with Gasteiger partial charge in [-0.1, -0.05) is 44.2 Å². The van der Waals surface area contributed by atoms with Crippen molar-refractivity contribution in [1.29, 1.82) is 0 Å². The Labute approximate surface area is 140 Å². The van der Waals surface area contributed by atoms with E-state index in [4.69, 9.17) is 0 Å². The van der Waals surface area contributed by atoms with Gasteiger partial charge in [-0.15, -0.1) is 0 Å². The van der Waals surface area contributed by atoms with Crippen molar-refractivity contribution >= 4 is 10.2 Å². The maximum Gasteiger partial charge on any atom is 0.279 e. The summed E-state index contributed by atoms with van der Waals surface area (Å²) in [5, 5.41) is 0. The Morgan fingerprint density at radius 3 is 2.26 bits per heavy atom. The molecule has 0 spiro atoms. The van der Waals surface area contributed by atoms with Crippen LogP contribution in [0.4, 0.5) is 0 Å². The quantitative estimate of drug-likeness (QED) is 0.860. The molecular formula is C17H29N3O2S. The van der Waals surface area contributed by atoms with Gasteiger partial charge in [0.1, 0.15) is 0 Å². The highest BCUT2D eigenvalue weighted by Gasteiger charge is 2.29. The molecule has 130 valence electrons. The lowest BCUT2D eigenvalue weighted by molar-refractivity contribution is 0.220. The first kappa shape index (κ1) is 18.4. The molecule has 1 aromatic carbocycles. The van der Waals surface area contributed by atoms with Gasteiger partial charge >= 0.3 is 0 Å². The molecule has 23 heavy (non-hydrogen) atoms. The van der Waals surface area contributed by atoms with Crippen molar-refractivity contribution in [1.82, 2.24) is 13.9 Å². The molecule has 1 aliphatic rings. The van der Waals surface area contributed by atoms with E-state index >= 15 is 0 Å². The summed E-state index contributed by atoms with van der Waals surface area (Å²) < 4.78 is 29.4. The Bertz CT molecular complexity index is 594. The summed E-state index contributed by atoms with van der Waals surface area (Å²) in [6.07, 6.45) is 0.754. The summed E-state index contributed by atoms with van der Waals surface area (Å²) in [6.45, 7) is 8.93. The van der Waals surface area contributed by atoms with Crippen LogP contribution in [0.25, 0.3) is 0 Å². The van der Waals surface area contributed by atoms with Crippen LogP contribution in [0.5, 0.6) is 0 Å². The third-order valence-corrected chi connectivity index (χ3v) is 6.27. The van der Waals surface area contributed by atoms with Gasteiger partial charge in [-0.2, -0.15) is 17.4 Å². The normalized spacial score (nSPS) is 19.7. The largest absolute Gasteiger partial charge is 0.304 e. The van der Waals surface area contributed by atoms with Crippen molar-refractivity contribution in [2.24, 2.45) is 0 Å². The van der Waals surface area contributed by atoms with Crippen molar-refractivity contribution in [2.75, 3.05) is 33.2 Å². The molecule has 0 aliphatic carbocycles. The van der Waals surface area contributed by atoms with Crippen LogP contribution in [-0.4, -0.2) is 56.9 Å². The van der Waals surface area contributed by atoms with Crippen LogP contribution in [0.2, 0.25) is 0 Å². The summed E-state index contributed by atoms with van der Waals surface area (Å²) >= 11 is 0. The molecule has 0 amide bonds. The van der Waals surface area contributed by atoms with E-state index in [2.05, 4.69) is 35.6 Å². The van der Waals surface area contributed by atoms with Gasteiger partial charge in [0.25, 0.3) is 10.2 Å². The third-order valence-electron chi connectivity index (χ3n) is 4.52. The molecule has 5 nitrogen and oxygen atoms in total. The van der Waals surface area contributed by atoms with Gasteiger partial charge in [-0.05, 0) is 31.4 Å². The van der Waals surface area contributed by atoms with Crippen LogP contribution >= 0.6 is 0 Å². The van der Waals surface area contributed by atoms with E-state index in [1.807, 2.05) is 32.2 Å². The maximum absolute atomic E-state index is 12.5. The van der Waals surface area contributed by atoms with Gasteiger partial charge in [0.05, 0.1) is 0 Å². The number of hydrogen-bond acceptors (Lipinski definition) is 3. The van der Waals surface area contributed by atoms with Crippen molar-refractivity contribution < 1.29 is 8.42 Å². The van der Waals surface area contributed by atoms with E-state index in [1.54, 1.807) is 4.31 Å². The topological polar surface area (TPSA) is 52.7 Å². The van der Waals surface area contributed by atoms with Crippen LogP contribution in [0.3, 0.4) is 0 Å². The first-order chi connectivity index (χ1) is 10.7. The molecular weight excluding hydrogens is 310 g/mol. The Hall–Kier alpha value is -0.950. The zero-order chi connectivity index (χ0) is 17.1. The van der Waals surface area contributed by atoms with Crippen molar-refractivity contribution in [2.45, 2.75) is 38.6 Å². The standard InChI is InChI=1S/C17H29N3O2S/c1-15(14-17(2,3)16-8-6-5-7-9-16)18-23(21,22)20-12-10-19(4)11-13-20/h5-9,15,18H,10-14H2,1-4H3. The Morgan fingerprint density at radius 2 is 1.70 bits per heavy atom. The molecule has 1 N–H and O–H groups in total. The van der Waals surface area contributed by atoms with Gasteiger partial charge < -0.3 is 4.90 Å². The fourth-order valence-corrected chi connectivity index (χ4v) is 4.56. The first-order valence-electron chi connectivity index (χ1n) is 8.22. The van der Waals surface area contributed by atoms with Gasteiger partial charge in [-0.3, -0.25) is 0 Å². The number of likely N-dealkylation sites (N-methyl/N-ethyl adjacent to an activating group) is 1. The molecule has 2 rings (SSSR count). The second kappa shape index (κ2) is 7.30. The predicted octanol–water partition coefficient (Wildman–Crippen LogP) is 1.82. The molecule has 1 fully saturated rings. The number of piperazine rings is 1. The lowest BCUT2D eigenvalue weighted by Gasteiger charge is -2.34. The molecule has 1 saturated heterocycles. The molecule has 1 heterocycles. The van der Waals surface area contributed by atoms with Gasteiger partial charge in [0, 0.05) is 32.2 Å². The first-order valence-corrected chi connectivity index (χ1v) is 9.66. The zero-order valence-electron chi connectivity index (χ0n) is 14.6. The summed E-state index contributed by atoms with van der Waals surface area (Å²) in [6, 6.07) is 10.1. The second-order valence-corrected chi connectivity index (χ2v) is 8.88. The molecule has 0 aromatic heterocycles. The van der Waals surface area contributed by atoms with E-state index in [1.165, 1.54) is 5.56 Å². The molecule has 1 unspecified atom stereocenters. The molecule has 6 heteroatoms. The molecule has 1 aromatic rings.